The predicted molar refractivity (Wildman–Crippen MR) is 89.4 cm³/mol. The van der Waals surface area contributed by atoms with Crippen molar-refractivity contribution < 1.29 is 4.79 Å². The molecule has 1 fully saturated rings. The van der Waals surface area contributed by atoms with E-state index in [4.69, 9.17) is 11.6 Å². The van der Waals surface area contributed by atoms with Crippen LogP contribution in [-0.2, 0) is 11.2 Å². The number of halogens is 1. The van der Waals surface area contributed by atoms with E-state index in [0.717, 1.165) is 48.5 Å². The summed E-state index contributed by atoms with van der Waals surface area (Å²) in [7, 11) is 0. The lowest BCUT2D eigenvalue weighted by atomic mass is 10.0. The molecule has 3 rings (SSSR count). The van der Waals surface area contributed by atoms with Crippen LogP contribution in [0.15, 0.2) is 30.6 Å². The standard InChI is InChI=1S/C17H21ClN4O/c1-13-12-14(2-4-16(13)18)3-5-17(23)21-10-6-15(7-11-21)22-19-8-9-20-22/h2,4,8-9,12,15H,3,5-7,10-11H2,1H3. The highest BCUT2D eigenvalue weighted by Gasteiger charge is 2.24. The molecule has 1 saturated heterocycles. The Balaban J connectivity index is 1.48. The number of carbonyl (C=O) groups is 1. The SMILES string of the molecule is Cc1cc(CCC(=O)N2CCC(n3nccn3)CC2)ccc1Cl. The second kappa shape index (κ2) is 7.13. The molecule has 0 spiro atoms. The predicted octanol–water partition coefficient (Wildman–Crippen LogP) is 3.04. The number of hydrogen-bond acceptors (Lipinski definition) is 3. The van der Waals surface area contributed by atoms with Crippen LogP contribution >= 0.6 is 11.6 Å². The third kappa shape index (κ3) is 3.91. The van der Waals surface area contributed by atoms with Crippen LogP contribution in [0.3, 0.4) is 0 Å². The van der Waals surface area contributed by atoms with E-state index < -0.39 is 0 Å². The van der Waals surface area contributed by atoms with E-state index in [-0.39, 0.29) is 5.91 Å². The van der Waals surface area contributed by atoms with E-state index in [1.54, 1.807) is 17.2 Å². The van der Waals surface area contributed by atoms with E-state index in [1.807, 2.05) is 24.0 Å². The molecule has 1 aliphatic rings. The summed E-state index contributed by atoms with van der Waals surface area (Å²) in [6, 6.07) is 6.27. The molecule has 0 saturated carbocycles. The maximum absolute atomic E-state index is 12.4. The van der Waals surface area contributed by atoms with Crippen molar-refractivity contribution in [3.05, 3.63) is 46.7 Å². The van der Waals surface area contributed by atoms with Gasteiger partial charge >= 0.3 is 0 Å². The normalized spacial score (nSPS) is 15.8. The van der Waals surface area contributed by atoms with Gasteiger partial charge in [-0.05, 0) is 43.4 Å². The zero-order valence-corrected chi connectivity index (χ0v) is 14.0. The molecule has 122 valence electrons. The minimum atomic E-state index is 0.226. The van der Waals surface area contributed by atoms with Crippen LogP contribution < -0.4 is 0 Å². The summed E-state index contributed by atoms with van der Waals surface area (Å²) in [6.45, 7) is 3.55. The van der Waals surface area contributed by atoms with Crippen LogP contribution in [0.25, 0.3) is 0 Å². The Kier molecular flexibility index (Phi) is 4.96. The molecule has 5 nitrogen and oxygen atoms in total. The highest BCUT2D eigenvalue weighted by atomic mass is 35.5. The molecule has 2 heterocycles. The summed E-state index contributed by atoms with van der Waals surface area (Å²) in [4.78, 5) is 16.1. The first-order valence-electron chi connectivity index (χ1n) is 8.02. The van der Waals surface area contributed by atoms with Gasteiger partial charge < -0.3 is 4.90 Å². The number of rotatable bonds is 4. The topological polar surface area (TPSA) is 51.0 Å². The summed E-state index contributed by atoms with van der Waals surface area (Å²) in [6.07, 6.45) is 6.54. The summed E-state index contributed by atoms with van der Waals surface area (Å²) < 4.78 is 0. The number of aryl methyl sites for hydroxylation is 2. The van der Waals surface area contributed by atoms with Gasteiger partial charge in [-0.2, -0.15) is 15.0 Å². The molecule has 0 N–H and O–H groups in total. The van der Waals surface area contributed by atoms with Crippen LogP contribution in [0, 0.1) is 6.92 Å². The van der Waals surface area contributed by atoms with Gasteiger partial charge in [0.15, 0.2) is 0 Å². The van der Waals surface area contributed by atoms with Crippen molar-refractivity contribution in [2.75, 3.05) is 13.1 Å². The van der Waals surface area contributed by atoms with Crippen molar-refractivity contribution >= 4 is 17.5 Å². The van der Waals surface area contributed by atoms with Gasteiger partial charge in [0.05, 0.1) is 18.4 Å². The number of nitrogens with zero attached hydrogens (tertiary/aromatic N) is 4. The number of hydrogen-bond donors (Lipinski definition) is 0. The zero-order valence-electron chi connectivity index (χ0n) is 13.3. The quantitative estimate of drug-likeness (QED) is 0.864. The molecule has 1 aliphatic heterocycles. The number of benzene rings is 1. The first-order chi connectivity index (χ1) is 11.1. The molecule has 1 aromatic carbocycles. The molecule has 0 bridgehead atoms. The fraction of sp³-hybridized carbons (Fsp3) is 0.471. The second-order valence-corrected chi connectivity index (χ2v) is 6.45. The fourth-order valence-corrected chi connectivity index (χ4v) is 3.15. The van der Waals surface area contributed by atoms with Crippen molar-refractivity contribution in [2.24, 2.45) is 0 Å². The van der Waals surface area contributed by atoms with Crippen molar-refractivity contribution in [3.8, 4) is 0 Å². The van der Waals surface area contributed by atoms with E-state index in [0.29, 0.717) is 12.5 Å². The smallest absolute Gasteiger partial charge is 0.222 e. The molecule has 6 heteroatoms. The van der Waals surface area contributed by atoms with E-state index >= 15 is 0 Å². The molecule has 0 radical (unpaired) electrons. The van der Waals surface area contributed by atoms with Gasteiger partial charge in [0.1, 0.15) is 0 Å². The van der Waals surface area contributed by atoms with E-state index in [2.05, 4.69) is 16.3 Å². The number of aromatic nitrogens is 3. The molecule has 0 atom stereocenters. The lowest BCUT2D eigenvalue weighted by Crippen LogP contribution is -2.39. The van der Waals surface area contributed by atoms with Gasteiger partial charge in [-0.1, -0.05) is 23.7 Å². The maximum atomic E-state index is 12.4. The van der Waals surface area contributed by atoms with Crippen LogP contribution in [-0.4, -0.2) is 38.9 Å². The van der Waals surface area contributed by atoms with Gasteiger partial charge in [-0.25, -0.2) is 0 Å². The van der Waals surface area contributed by atoms with E-state index in [9.17, 15) is 4.79 Å². The minimum absolute atomic E-state index is 0.226. The van der Waals surface area contributed by atoms with Gasteiger partial charge in [0.25, 0.3) is 0 Å². The molecule has 0 aliphatic carbocycles. The Morgan fingerprint density at radius 1 is 1.26 bits per heavy atom. The largest absolute Gasteiger partial charge is 0.343 e. The first-order valence-corrected chi connectivity index (χ1v) is 8.40. The average molecular weight is 333 g/mol. The Hall–Kier alpha value is -1.88. The van der Waals surface area contributed by atoms with Crippen molar-refractivity contribution in [1.29, 1.82) is 0 Å². The Morgan fingerprint density at radius 2 is 1.96 bits per heavy atom. The van der Waals surface area contributed by atoms with Gasteiger partial charge in [0.2, 0.25) is 5.91 Å². The van der Waals surface area contributed by atoms with Gasteiger partial charge in [-0.3, -0.25) is 4.79 Å². The summed E-state index contributed by atoms with van der Waals surface area (Å²) >= 11 is 6.03. The molecule has 1 aromatic heterocycles. The van der Waals surface area contributed by atoms with Gasteiger partial charge in [0, 0.05) is 24.5 Å². The monoisotopic (exact) mass is 332 g/mol. The Labute approximate surface area is 141 Å². The molecule has 0 unspecified atom stereocenters. The molecule has 23 heavy (non-hydrogen) atoms. The third-order valence-corrected chi connectivity index (χ3v) is 4.85. The molecular weight excluding hydrogens is 312 g/mol. The highest BCUT2D eigenvalue weighted by Crippen LogP contribution is 2.22. The number of piperidine rings is 1. The second-order valence-electron chi connectivity index (χ2n) is 6.04. The van der Waals surface area contributed by atoms with Crippen molar-refractivity contribution in [2.45, 2.75) is 38.6 Å². The molecular formula is C17H21ClN4O. The van der Waals surface area contributed by atoms with Crippen molar-refractivity contribution in [1.82, 2.24) is 19.9 Å². The summed E-state index contributed by atoms with van der Waals surface area (Å²) in [5, 5.41) is 9.16. The third-order valence-electron chi connectivity index (χ3n) is 4.43. The number of likely N-dealkylation sites (tertiary alicyclic amines) is 1. The highest BCUT2D eigenvalue weighted by molar-refractivity contribution is 6.31. The summed E-state index contributed by atoms with van der Waals surface area (Å²) in [5.41, 5.74) is 2.22. The number of amides is 1. The minimum Gasteiger partial charge on any atom is -0.343 e. The Bertz CT molecular complexity index is 663. The lowest BCUT2D eigenvalue weighted by Gasteiger charge is -2.31. The summed E-state index contributed by atoms with van der Waals surface area (Å²) in [5.74, 6) is 0.226. The van der Waals surface area contributed by atoms with Gasteiger partial charge in [-0.15, -0.1) is 0 Å². The van der Waals surface area contributed by atoms with Crippen LogP contribution in [0.4, 0.5) is 0 Å². The lowest BCUT2D eigenvalue weighted by molar-refractivity contribution is -0.132. The fourth-order valence-electron chi connectivity index (χ4n) is 3.03. The average Bonchev–Trinajstić information content (AvgIpc) is 3.10. The van der Waals surface area contributed by atoms with Crippen molar-refractivity contribution in [3.63, 3.8) is 0 Å². The maximum Gasteiger partial charge on any atom is 0.222 e. The number of carbonyl (C=O) groups excluding carboxylic acids is 1. The first kappa shape index (κ1) is 16.0. The molecule has 2 aromatic rings. The van der Waals surface area contributed by atoms with Crippen LogP contribution in [0.5, 0.6) is 0 Å². The Morgan fingerprint density at radius 3 is 2.61 bits per heavy atom. The van der Waals surface area contributed by atoms with Crippen LogP contribution in [0.2, 0.25) is 5.02 Å². The zero-order chi connectivity index (χ0) is 16.2. The molecule has 1 amide bonds. The van der Waals surface area contributed by atoms with E-state index in [1.165, 1.54) is 0 Å². The van der Waals surface area contributed by atoms with Crippen LogP contribution in [0.1, 0.15) is 36.4 Å².